The molecule has 1 aromatic carbocycles. The zero-order chi connectivity index (χ0) is 11.5. The monoisotopic (exact) mass is 220 g/mol. The number of aryl methyl sites for hydroxylation is 1. The van der Waals surface area contributed by atoms with E-state index in [1.54, 1.807) is 12.1 Å². The Morgan fingerprint density at radius 1 is 1.44 bits per heavy atom. The minimum atomic E-state index is -0.508. The van der Waals surface area contributed by atoms with Gasteiger partial charge in [-0.25, -0.2) is 0 Å². The summed E-state index contributed by atoms with van der Waals surface area (Å²) >= 11 is 0. The van der Waals surface area contributed by atoms with Gasteiger partial charge in [0.25, 0.3) is 5.91 Å². The number of primary amides is 1. The number of anilines is 1. The molecule has 16 heavy (non-hydrogen) atoms. The molecular formula is C11H12N2O3. The summed E-state index contributed by atoms with van der Waals surface area (Å²) in [5.74, 6) is 0.109. The van der Waals surface area contributed by atoms with Gasteiger partial charge in [-0.3, -0.25) is 9.59 Å². The molecule has 2 amide bonds. The van der Waals surface area contributed by atoms with Crippen molar-refractivity contribution in [1.82, 2.24) is 0 Å². The van der Waals surface area contributed by atoms with E-state index in [1.165, 1.54) is 0 Å². The number of nitrogens with one attached hydrogen (secondary N) is 1. The molecule has 0 atom stereocenters. The van der Waals surface area contributed by atoms with E-state index in [0.717, 1.165) is 11.3 Å². The lowest BCUT2D eigenvalue weighted by Crippen LogP contribution is -2.21. The first kappa shape index (κ1) is 10.5. The van der Waals surface area contributed by atoms with Gasteiger partial charge in [-0.05, 0) is 30.2 Å². The Kier molecular flexibility index (Phi) is 2.76. The van der Waals surface area contributed by atoms with Crippen LogP contribution in [0.4, 0.5) is 5.69 Å². The first-order chi connectivity index (χ1) is 7.65. The number of fused-ring (bicyclic) bond motifs is 1. The van der Waals surface area contributed by atoms with Crippen molar-refractivity contribution < 1.29 is 14.3 Å². The van der Waals surface area contributed by atoms with Crippen LogP contribution in [0, 0.1) is 0 Å². The predicted molar refractivity (Wildman–Crippen MR) is 58.1 cm³/mol. The van der Waals surface area contributed by atoms with Crippen molar-refractivity contribution in [1.29, 1.82) is 0 Å². The lowest BCUT2D eigenvalue weighted by atomic mass is 10.0. The van der Waals surface area contributed by atoms with E-state index in [1.807, 2.05) is 6.07 Å². The lowest BCUT2D eigenvalue weighted by molar-refractivity contribution is -0.120. The maximum absolute atomic E-state index is 11.1. The highest BCUT2D eigenvalue weighted by atomic mass is 16.5. The molecule has 1 aliphatic heterocycles. The largest absolute Gasteiger partial charge is 0.484 e. The van der Waals surface area contributed by atoms with Crippen molar-refractivity contribution in [3.8, 4) is 5.75 Å². The van der Waals surface area contributed by atoms with Gasteiger partial charge in [0.05, 0.1) is 0 Å². The molecule has 0 radical (unpaired) electrons. The summed E-state index contributed by atoms with van der Waals surface area (Å²) in [4.78, 5) is 21.7. The van der Waals surface area contributed by atoms with Crippen LogP contribution in [0.5, 0.6) is 5.75 Å². The fourth-order valence-electron chi connectivity index (χ4n) is 1.60. The minimum Gasteiger partial charge on any atom is -0.484 e. The summed E-state index contributed by atoms with van der Waals surface area (Å²) in [6.45, 7) is -0.134. The lowest BCUT2D eigenvalue weighted by Gasteiger charge is -2.17. The third-order valence-electron chi connectivity index (χ3n) is 2.35. The van der Waals surface area contributed by atoms with Crippen molar-refractivity contribution in [3.05, 3.63) is 23.8 Å². The number of nitrogens with two attached hydrogens (primary N) is 1. The molecule has 0 saturated carbocycles. The summed E-state index contributed by atoms with van der Waals surface area (Å²) in [5, 5.41) is 2.77. The van der Waals surface area contributed by atoms with Crippen LogP contribution in [0.3, 0.4) is 0 Å². The maximum atomic E-state index is 11.1. The zero-order valence-corrected chi connectivity index (χ0v) is 8.66. The molecule has 5 nitrogen and oxygen atoms in total. The van der Waals surface area contributed by atoms with Crippen molar-refractivity contribution in [2.24, 2.45) is 5.73 Å². The van der Waals surface area contributed by atoms with Gasteiger partial charge in [-0.2, -0.15) is 0 Å². The molecule has 1 aliphatic rings. The number of hydrogen-bond acceptors (Lipinski definition) is 3. The van der Waals surface area contributed by atoms with E-state index in [0.29, 0.717) is 18.6 Å². The van der Waals surface area contributed by atoms with Crippen LogP contribution in [-0.4, -0.2) is 18.4 Å². The van der Waals surface area contributed by atoms with Crippen LogP contribution >= 0.6 is 0 Å². The number of carbonyl (C=O) groups is 2. The summed E-state index contributed by atoms with van der Waals surface area (Å²) in [6.07, 6.45) is 1.17. The predicted octanol–water partition coefficient (Wildman–Crippen LogP) is 0.435. The Labute approximate surface area is 92.6 Å². The van der Waals surface area contributed by atoms with Crippen LogP contribution in [0.25, 0.3) is 0 Å². The molecule has 0 spiro atoms. The Hall–Kier alpha value is -2.04. The van der Waals surface area contributed by atoms with Crippen LogP contribution in [-0.2, 0) is 16.0 Å². The molecule has 0 aromatic heterocycles. The molecule has 1 aromatic rings. The van der Waals surface area contributed by atoms with Crippen LogP contribution in [0.1, 0.15) is 12.0 Å². The molecule has 0 bridgehead atoms. The van der Waals surface area contributed by atoms with Gasteiger partial charge >= 0.3 is 0 Å². The topological polar surface area (TPSA) is 81.4 Å². The second-order valence-corrected chi connectivity index (χ2v) is 3.62. The van der Waals surface area contributed by atoms with Crippen LogP contribution < -0.4 is 15.8 Å². The number of carbonyl (C=O) groups excluding carboxylic acids is 2. The van der Waals surface area contributed by atoms with Gasteiger partial charge in [-0.1, -0.05) is 0 Å². The fraction of sp³-hybridized carbons (Fsp3) is 0.273. The molecule has 0 saturated heterocycles. The van der Waals surface area contributed by atoms with Crippen molar-refractivity contribution in [2.75, 3.05) is 11.9 Å². The number of ether oxygens (including phenoxy) is 1. The molecular weight excluding hydrogens is 208 g/mol. The molecule has 5 heteroatoms. The normalized spacial score (nSPS) is 13.9. The fourth-order valence-corrected chi connectivity index (χ4v) is 1.60. The second-order valence-electron chi connectivity index (χ2n) is 3.62. The molecule has 0 fully saturated rings. The average molecular weight is 220 g/mol. The highest BCUT2D eigenvalue weighted by molar-refractivity contribution is 5.94. The highest BCUT2D eigenvalue weighted by Crippen LogP contribution is 2.26. The van der Waals surface area contributed by atoms with E-state index in [2.05, 4.69) is 5.32 Å². The molecule has 3 N–H and O–H groups in total. The van der Waals surface area contributed by atoms with Crippen molar-refractivity contribution >= 4 is 17.5 Å². The van der Waals surface area contributed by atoms with Gasteiger partial charge in [0, 0.05) is 12.1 Å². The van der Waals surface area contributed by atoms with E-state index >= 15 is 0 Å². The minimum absolute atomic E-state index is 0.0262. The van der Waals surface area contributed by atoms with E-state index in [4.69, 9.17) is 10.5 Å². The van der Waals surface area contributed by atoms with E-state index in [9.17, 15) is 9.59 Å². The van der Waals surface area contributed by atoms with Gasteiger partial charge in [0.15, 0.2) is 6.61 Å². The first-order valence-corrected chi connectivity index (χ1v) is 4.99. The Balaban J connectivity index is 2.13. The molecule has 0 aliphatic carbocycles. The molecule has 2 rings (SSSR count). The van der Waals surface area contributed by atoms with E-state index < -0.39 is 5.91 Å². The maximum Gasteiger partial charge on any atom is 0.255 e. The number of benzene rings is 1. The second kappa shape index (κ2) is 4.22. The summed E-state index contributed by atoms with van der Waals surface area (Å²) < 4.78 is 5.17. The first-order valence-electron chi connectivity index (χ1n) is 4.99. The Bertz CT molecular complexity index is 443. The highest BCUT2D eigenvalue weighted by Gasteiger charge is 2.14. The van der Waals surface area contributed by atoms with Gasteiger partial charge in [-0.15, -0.1) is 0 Å². The van der Waals surface area contributed by atoms with Crippen molar-refractivity contribution in [3.63, 3.8) is 0 Å². The van der Waals surface area contributed by atoms with Crippen LogP contribution in [0.15, 0.2) is 18.2 Å². The SMILES string of the molecule is NC(=O)COc1ccc2c(c1)CCC(=O)N2. The van der Waals surface area contributed by atoms with E-state index in [-0.39, 0.29) is 12.5 Å². The van der Waals surface area contributed by atoms with Gasteiger partial charge in [0.1, 0.15) is 5.75 Å². The summed E-state index contributed by atoms with van der Waals surface area (Å²) in [7, 11) is 0. The van der Waals surface area contributed by atoms with Gasteiger partial charge in [0.2, 0.25) is 5.91 Å². The smallest absolute Gasteiger partial charge is 0.255 e. The summed E-state index contributed by atoms with van der Waals surface area (Å²) in [6, 6.07) is 5.29. The Morgan fingerprint density at radius 3 is 3.00 bits per heavy atom. The molecule has 84 valence electrons. The standard InChI is InChI=1S/C11H12N2O3/c12-10(14)6-16-8-2-3-9-7(5-8)1-4-11(15)13-9/h2-3,5H,1,4,6H2,(H2,12,14)(H,13,15). The van der Waals surface area contributed by atoms with Crippen LogP contribution in [0.2, 0.25) is 0 Å². The third-order valence-corrected chi connectivity index (χ3v) is 2.35. The number of amides is 2. The summed E-state index contributed by atoms with van der Waals surface area (Å²) in [5.41, 5.74) is 6.80. The quantitative estimate of drug-likeness (QED) is 0.775. The van der Waals surface area contributed by atoms with Crippen molar-refractivity contribution in [2.45, 2.75) is 12.8 Å². The Morgan fingerprint density at radius 2 is 2.25 bits per heavy atom. The zero-order valence-electron chi connectivity index (χ0n) is 8.66. The average Bonchev–Trinajstić information content (AvgIpc) is 2.26. The number of rotatable bonds is 3. The third kappa shape index (κ3) is 2.31. The van der Waals surface area contributed by atoms with Gasteiger partial charge < -0.3 is 15.8 Å². The molecule has 0 unspecified atom stereocenters. The molecule has 1 heterocycles. The number of hydrogen-bond donors (Lipinski definition) is 2.